The van der Waals surface area contributed by atoms with Crippen molar-refractivity contribution in [3.05, 3.63) is 83.7 Å². The number of aromatic nitrogens is 1. The highest BCUT2D eigenvalue weighted by Crippen LogP contribution is 2.32. The first-order valence-corrected chi connectivity index (χ1v) is 9.56. The van der Waals surface area contributed by atoms with E-state index in [1.165, 1.54) is 0 Å². The van der Waals surface area contributed by atoms with Gasteiger partial charge in [0.15, 0.2) is 0 Å². The van der Waals surface area contributed by atoms with Gasteiger partial charge in [-0.15, -0.1) is 0 Å². The van der Waals surface area contributed by atoms with Gasteiger partial charge in [-0.2, -0.15) is 4.57 Å². The fraction of sp³-hybridized carbons (Fsp3) is 0.160. The minimum atomic E-state index is 0.871. The maximum Gasteiger partial charge on any atom is 0.212 e. The molecule has 0 amide bonds. The summed E-state index contributed by atoms with van der Waals surface area (Å²) in [7, 11) is 7.55. The van der Waals surface area contributed by atoms with Crippen molar-refractivity contribution in [3.8, 4) is 11.5 Å². The number of hydrogen-bond donors (Lipinski definition) is 0. The highest BCUT2D eigenvalue weighted by molar-refractivity contribution is 5.79. The van der Waals surface area contributed by atoms with E-state index in [2.05, 4.69) is 90.3 Å². The lowest BCUT2D eigenvalue weighted by Crippen LogP contribution is -2.32. The molecule has 4 nitrogen and oxygen atoms in total. The van der Waals surface area contributed by atoms with Crippen molar-refractivity contribution >= 4 is 28.7 Å². The summed E-state index contributed by atoms with van der Waals surface area (Å²) in [5, 5.41) is 1.16. The van der Waals surface area contributed by atoms with Gasteiger partial charge in [-0.3, -0.25) is 0 Å². The molecular weight excluding hydrogens is 360 g/mol. The number of benzene rings is 2. The molecule has 0 saturated carbocycles. The van der Waals surface area contributed by atoms with E-state index in [9.17, 15) is 0 Å². The first-order chi connectivity index (χ1) is 14.1. The van der Waals surface area contributed by atoms with Gasteiger partial charge in [0.25, 0.3) is 0 Å². The normalized spacial score (nSPS) is 14.6. The number of anilines is 1. The van der Waals surface area contributed by atoms with Crippen LogP contribution >= 0.6 is 0 Å². The second-order valence-electron chi connectivity index (χ2n) is 7.01. The van der Waals surface area contributed by atoms with Crippen LogP contribution < -0.4 is 18.9 Å². The number of pyridine rings is 1. The van der Waals surface area contributed by atoms with E-state index in [1.807, 2.05) is 12.1 Å². The molecule has 0 fully saturated rings. The summed E-state index contributed by atoms with van der Waals surface area (Å²) < 4.78 is 12.8. The molecule has 0 aliphatic carbocycles. The molecule has 146 valence electrons. The van der Waals surface area contributed by atoms with Gasteiger partial charge in [0.05, 0.1) is 19.6 Å². The van der Waals surface area contributed by atoms with Crippen molar-refractivity contribution in [2.24, 2.45) is 7.05 Å². The zero-order valence-electron chi connectivity index (χ0n) is 17.2. The number of hydrogen-bond acceptors (Lipinski definition) is 3. The highest BCUT2D eigenvalue weighted by atomic mass is 16.5. The average molecular weight is 385 g/mol. The van der Waals surface area contributed by atoms with Crippen LogP contribution in [0.25, 0.3) is 23.1 Å². The van der Waals surface area contributed by atoms with Gasteiger partial charge < -0.3 is 14.4 Å². The van der Waals surface area contributed by atoms with E-state index in [0.717, 1.165) is 45.0 Å². The Hall–Kier alpha value is -3.53. The zero-order valence-corrected chi connectivity index (χ0v) is 17.2. The van der Waals surface area contributed by atoms with E-state index in [4.69, 9.17) is 9.47 Å². The molecule has 0 saturated heterocycles. The van der Waals surface area contributed by atoms with Gasteiger partial charge in [0.2, 0.25) is 11.2 Å². The predicted octanol–water partition coefficient (Wildman–Crippen LogP) is 4.74. The smallest absolute Gasteiger partial charge is 0.212 e. The standard InChI is InChI=1S/C25H25N2O2/c1-26-20(10-8-18-16-22(28-3)12-14-24(18)26)6-5-7-21-11-9-19-17-23(29-4)13-15-25(19)27(21)2/h5-17H,1-4H3/q+1. The first-order valence-electron chi connectivity index (χ1n) is 9.56. The number of likely N-dealkylation sites (N-methyl/N-ethyl adjacent to an activating group) is 1. The molecule has 0 spiro atoms. The Balaban J connectivity index is 1.60. The second-order valence-corrected chi connectivity index (χ2v) is 7.01. The summed E-state index contributed by atoms with van der Waals surface area (Å²) in [6.45, 7) is 0. The number of ether oxygens (including phenoxy) is 2. The number of rotatable bonds is 4. The van der Waals surface area contributed by atoms with Crippen LogP contribution in [0.15, 0.2) is 72.5 Å². The lowest BCUT2D eigenvalue weighted by atomic mass is 10.1. The molecule has 2 heterocycles. The summed E-state index contributed by atoms with van der Waals surface area (Å²) in [5.41, 5.74) is 5.75. The predicted molar refractivity (Wildman–Crippen MR) is 119 cm³/mol. The zero-order chi connectivity index (χ0) is 20.4. The third-order valence-corrected chi connectivity index (χ3v) is 5.37. The Morgan fingerprint density at radius 1 is 0.897 bits per heavy atom. The molecule has 0 unspecified atom stereocenters. The fourth-order valence-electron chi connectivity index (χ4n) is 3.63. The van der Waals surface area contributed by atoms with Gasteiger partial charge in [0, 0.05) is 42.2 Å². The molecule has 0 bridgehead atoms. The molecular formula is C25H25N2O2+. The monoisotopic (exact) mass is 385 g/mol. The van der Waals surface area contributed by atoms with E-state index in [1.54, 1.807) is 14.2 Å². The molecule has 29 heavy (non-hydrogen) atoms. The molecule has 1 aliphatic heterocycles. The Bertz CT molecular complexity index is 1160. The topological polar surface area (TPSA) is 25.6 Å². The van der Waals surface area contributed by atoms with Gasteiger partial charge in [-0.05, 0) is 48.6 Å². The van der Waals surface area contributed by atoms with Crippen molar-refractivity contribution in [2.75, 3.05) is 26.2 Å². The van der Waals surface area contributed by atoms with Crippen LogP contribution in [0, 0.1) is 0 Å². The van der Waals surface area contributed by atoms with Gasteiger partial charge in [-0.1, -0.05) is 12.2 Å². The van der Waals surface area contributed by atoms with Crippen molar-refractivity contribution < 1.29 is 14.0 Å². The maximum atomic E-state index is 5.32. The average Bonchev–Trinajstić information content (AvgIpc) is 2.76. The van der Waals surface area contributed by atoms with Crippen LogP contribution in [0.1, 0.15) is 11.3 Å². The molecule has 0 atom stereocenters. The van der Waals surface area contributed by atoms with E-state index < -0.39 is 0 Å². The van der Waals surface area contributed by atoms with E-state index in [0.29, 0.717) is 0 Å². The van der Waals surface area contributed by atoms with Gasteiger partial charge in [-0.25, -0.2) is 0 Å². The molecule has 4 heteroatoms. The summed E-state index contributed by atoms with van der Waals surface area (Å²) in [6, 6.07) is 16.5. The van der Waals surface area contributed by atoms with Crippen molar-refractivity contribution in [1.82, 2.24) is 0 Å². The van der Waals surface area contributed by atoms with Crippen molar-refractivity contribution in [2.45, 2.75) is 0 Å². The molecule has 2 aromatic carbocycles. The van der Waals surface area contributed by atoms with Crippen LogP contribution in [-0.2, 0) is 7.05 Å². The molecule has 4 rings (SSSR count). The van der Waals surface area contributed by atoms with E-state index >= 15 is 0 Å². The SMILES string of the molecule is COc1ccc2c(c1)C=C/C(=C\C=C\c1ccc3cc(OC)ccc3[n+]1C)N2C. The Kier molecular flexibility index (Phi) is 5.09. The second kappa shape index (κ2) is 7.84. The minimum Gasteiger partial charge on any atom is -0.497 e. The molecule has 0 N–H and O–H groups in total. The quantitative estimate of drug-likeness (QED) is 0.607. The maximum absolute atomic E-state index is 5.32. The summed E-state index contributed by atoms with van der Waals surface area (Å²) in [6.07, 6.45) is 10.6. The Morgan fingerprint density at radius 3 is 2.45 bits per heavy atom. The third kappa shape index (κ3) is 3.61. The lowest BCUT2D eigenvalue weighted by molar-refractivity contribution is -0.646. The van der Waals surface area contributed by atoms with E-state index in [-0.39, 0.29) is 0 Å². The van der Waals surface area contributed by atoms with Crippen molar-refractivity contribution in [3.63, 3.8) is 0 Å². The molecule has 1 aromatic heterocycles. The number of fused-ring (bicyclic) bond motifs is 2. The summed E-state index contributed by atoms with van der Waals surface area (Å²) in [5.74, 6) is 1.74. The molecule has 1 aliphatic rings. The number of aryl methyl sites for hydroxylation is 1. The van der Waals surface area contributed by atoms with Crippen LogP contribution in [-0.4, -0.2) is 21.3 Å². The Labute approximate surface area is 171 Å². The highest BCUT2D eigenvalue weighted by Gasteiger charge is 2.14. The molecule has 0 radical (unpaired) electrons. The third-order valence-electron chi connectivity index (χ3n) is 5.37. The minimum absolute atomic E-state index is 0.871. The largest absolute Gasteiger partial charge is 0.497 e. The number of allylic oxidation sites excluding steroid dienone is 3. The number of nitrogens with zero attached hydrogens (tertiary/aromatic N) is 2. The van der Waals surface area contributed by atoms with Gasteiger partial charge in [0.1, 0.15) is 18.5 Å². The fourth-order valence-corrected chi connectivity index (χ4v) is 3.63. The first kappa shape index (κ1) is 18.8. The number of methoxy groups -OCH3 is 2. The lowest BCUT2D eigenvalue weighted by Gasteiger charge is -2.26. The van der Waals surface area contributed by atoms with Crippen LogP contribution in [0.4, 0.5) is 5.69 Å². The van der Waals surface area contributed by atoms with Crippen LogP contribution in [0.3, 0.4) is 0 Å². The summed E-state index contributed by atoms with van der Waals surface area (Å²) in [4.78, 5) is 2.19. The Morgan fingerprint density at radius 2 is 1.66 bits per heavy atom. The summed E-state index contributed by atoms with van der Waals surface area (Å²) >= 11 is 0. The van der Waals surface area contributed by atoms with Gasteiger partial charge >= 0.3 is 0 Å². The molecule has 3 aromatic rings. The van der Waals surface area contributed by atoms with Crippen LogP contribution in [0.5, 0.6) is 11.5 Å². The van der Waals surface area contributed by atoms with Crippen molar-refractivity contribution in [1.29, 1.82) is 0 Å². The van der Waals surface area contributed by atoms with Crippen LogP contribution in [0.2, 0.25) is 0 Å².